The van der Waals surface area contributed by atoms with Crippen molar-refractivity contribution >= 4 is 5.69 Å². The summed E-state index contributed by atoms with van der Waals surface area (Å²) in [7, 11) is 0. The van der Waals surface area contributed by atoms with E-state index in [1.165, 1.54) is 19.1 Å². The molecular formula is C8H7NO3. The quantitative estimate of drug-likeness (QED) is 0.640. The van der Waals surface area contributed by atoms with Crippen molar-refractivity contribution in [2.45, 2.75) is 6.92 Å². The molecule has 0 radical (unpaired) electrons. The van der Waals surface area contributed by atoms with Crippen LogP contribution in [0.1, 0.15) is 5.56 Å². The molecule has 62 valence electrons. The molecule has 12 heavy (non-hydrogen) atoms. The summed E-state index contributed by atoms with van der Waals surface area (Å²) in [6.07, 6.45) is 0. The summed E-state index contributed by atoms with van der Waals surface area (Å²) in [5.41, 5.74) is -0.0353. The standard InChI is InChI=1S/C8H7NO3/c1-5-4-6(9-12)2-3-7(10)8(5)11/h2-4H,1H3,(H,10,11). The van der Waals surface area contributed by atoms with Gasteiger partial charge in [-0.25, -0.2) is 0 Å². The van der Waals surface area contributed by atoms with Crippen molar-refractivity contribution in [3.05, 3.63) is 38.9 Å². The van der Waals surface area contributed by atoms with Gasteiger partial charge < -0.3 is 5.11 Å². The summed E-state index contributed by atoms with van der Waals surface area (Å²) in [6, 6.07) is 3.73. The molecule has 0 aliphatic carbocycles. The predicted octanol–water partition coefficient (Wildman–Crippen LogP) is 1.46. The third-order valence-electron chi connectivity index (χ3n) is 1.48. The molecule has 1 aromatic rings. The van der Waals surface area contributed by atoms with Gasteiger partial charge in [0.25, 0.3) is 0 Å². The van der Waals surface area contributed by atoms with E-state index >= 15 is 0 Å². The summed E-state index contributed by atoms with van der Waals surface area (Å²) < 4.78 is 0. The summed E-state index contributed by atoms with van der Waals surface area (Å²) in [5.74, 6) is -0.343. The van der Waals surface area contributed by atoms with E-state index in [1.807, 2.05) is 0 Å². The van der Waals surface area contributed by atoms with E-state index in [9.17, 15) is 9.70 Å². The van der Waals surface area contributed by atoms with Gasteiger partial charge in [-0.15, -0.1) is 4.91 Å². The van der Waals surface area contributed by atoms with Crippen LogP contribution in [-0.4, -0.2) is 5.11 Å². The van der Waals surface area contributed by atoms with Crippen LogP contribution in [0.25, 0.3) is 0 Å². The number of aryl methyl sites for hydroxylation is 1. The largest absolute Gasteiger partial charge is 0.504 e. The molecule has 0 fully saturated rings. The van der Waals surface area contributed by atoms with Gasteiger partial charge in [-0.2, -0.15) is 0 Å². The van der Waals surface area contributed by atoms with Crippen molar-refractivity contribution in [1.82, 2.24) is 0 Å². The minimum atomic E-state index is -0.512. The highest BCUT2D eigenvalue weighted by Crippen LogP contribution is 2.15. The molecule has 0 heterocycles. The van der Waals surface area contributed by atoms with E-state index in [-0.39, 0.29) is 11.4 Å². The lowest BCUT2D eigenvalue weighted by Crippen LogP contribution is -1.93. The van der Waals surface area contributed by atoms with Crippen LogP contribution in [0.2, 0.25) is 0 Å². The Hall–Kier alpha value is -1.71. The van der Waals surface area contributed by atoms with Gasteiger partial charge in [0.15, 0.2) is 5.75 Å². The zero-order valence-electron chi connectivity index (χ0n) is 6.44. The molecule has 0 saturated carbocycles. The predicted molar refractivity (Wildman–Crippen MR) is 44.6 cm³/mol. The fourth-order valence-electron chi connectivity index (χ4n) is 0.829. The Morgan fingerprint density at radius 2 is 2.08 bits per heavy atom. The second kappa shape index (κ2) is 3.13. The van der Waals surface area contributed by atoms with E-state index in [0.29, 0.717) is 5.56 Å². The second-order valence-corrected chi connectivity index (χ2v) is 2.39. The number of nitrogens with zero attached hydrogens (tertiary/aromatic N) is 1. The SMILES string of the molecule is Cc1cc(N=O)ccc(=O)c1O. The molecule has 4 nitrogen and oxygen atoms in total. The molecule has 4 heteroatoms. The first-order chi connectivity index (χ1) is 5.65. The fourth-order valence-corrected chi connectivity index (χ4v) is 0.829. The van der Waals surface area contributed by atoms with Crippen LogP contribution in [0.5, 0.6) is 5.75 Å². The Balaban J connectivity index is 3.54. The fraction of sp³-hybridized carbons (Fsp3) is 0.125. The van der Waals surface area contributed by atoms with Gasteiger partial charge in [0.1, 0.15) is 5.69 Å². The van der Waals surface area contributed by atoms with Gasteiger partial charge in [-0.05, 0) is 35.9 Å². The number of hydrogen-bond acceptors (Lipinski definition) is 4. The molecule has 0 amide bonds. The Bertz CT molecular complexity index is 373. The van der Waals surface area contributed by atoms with Crippen LogP contribution < -0.4 is 5.43 Å². The molecule has 0 aliphatic rings. The Morgan fingerprint density at radius 3 is 2.67 bits per heavy atom. The average molecular weight is 165 g/mol. The summed E-state index contributed by atoms with van der Waals surface area (Å²) in [5, 5.41) is 11.8. The van der Waals surface area contributed by atoms with Gasteiger partial charge >= 0.3 is 0 Å². The lowest BCUT2D eigenvalue weighted by molar-refractivity contribution is 0.467. The first kappa shape index (κ1) is 8.39. The van der Waals surface area contributed by atoms with Gasteiger partial charge in [-0.1, -0.05) is 0 Å². The minimum absolute atomic E-state index is 0.130. The van der Waals surface area contributed by atoms with Crippen LogP contribution in [0.15, 0.2) is 28.2 Å². The van der Waals surface area contributed by atoms with Gasteiger partial charge in [-0.3, -0.25) is 4.79 Å². The monoisotopic (exact) mass is 165 g/mol. The first-order valence-corrected chi connectivity index (χ1v) is 3.32. The molecule has 0 aromatic heterocycles. The molecule has 0 unspecified atom stereocenters. The van der Waals surface area contributed by atoms with Crippen LogP contribution in [0.4, 0.5) is 5.69 Å². The average Bonchev–Trinajstić information content (AvgIpc) is 2.19. The van der Waals surface area contributed by atoms with Crippen LogP contribution in [-0.2, 0) is 0 Å². The van der Waals surface area contributed by atoms with E-state index in [0.717, 1.165) is 6.07 Å². The number of hydrogen-bond donors (Lipinski definition) is 1. The maximum atomic E-state index is 10.9. The van der Waals surface area contributed by atoms with Crippen molar-refractivity contribution in [2.75, 3.05) is 0 Å². The zero-order chi connectivity index (χ0) is 9.14. The normalized spacial score (nSPS) is 9.42. The molecule has 0 saturated heterocycles. The lowest BCUT2D eigenvalue weighted by atomic mass is 10.3. The highest BCUT2D eigenvalue weighted by atomic mass is 16.3. The summed E-state index contributed by atoms with van der Waals surface area (Å²) in [4.78, 5) is 21.0. The van der Waals surface area contributed by atoms with Crippen LogP contribution in [0.3, 0.4) is 0 Å². The number of nitroso groups, excluding NO2 is 1. The van der Waals surface area contributed by atoms with E-state index in [1.54, 1.807) is 0 Å². The number of rotatable bonds is 1. The molecule has 1 aromatic carbocycles. The molecular weight excluding hydrogens is 158 g/mol. The Kier molecular flexibility index (Phi) is 2.19. The van der Waals surface area contributed by atoms with Gasteiger partial charge in [0.05, 0.1) is 0 Å². The minimum Gasteiger partial charge on any atom is -0.504 e. The first-order valence-electron chi connectivity index (χ1n) is 3.32. The molecule has 0 aliphatic heterocycles. The zero-order valence-corrected chi connectivity index (χ0v) is 6.44. The molecule has 0 bridgehead atoms. The molecule has 1 rings (SSSR count). The number of aromatic hydroxyl groups is 1. The van der Waals surface area contributed by atoms with E-state index in [4.69, 9.17) is 5.11 Å². The molecule has 0 spiro atoms. The van der Waals surface area contributed by atoms with Crippen molar-refractivity contribution in [2.24, 2.45) is 5.18 Å². The molecule has 1 N–H and O–H groups in total. The van der Waals surface area contributed by atoms with Crippen molar-refractivity contribution in [3.8, 4) is 5.75 Å². The second-order valence-electron chi connectivity index (χ2n) is 2.39. The molecule has 0 atom stereocenters. The smallest absolute Gasteiger partial charge is 0.220 e. The van der Waals surface area contributed by atoms with Crippen molar-refractivity contribution in [1.29, 1.82) is 0 Å². The highest BCUT2D eigenvalue weighted by Gasteiger charge is 1.99. The van der Waals surface area contributed by atoms with Gasteiger partial charge in [0.2, 0.25) is 5.43 Å². The third-order valence-corrected chi connectivity index (χ3v) is 1.48. The van der Waals surface area contributed by atoms with Crippen molar-refractivity contribution in [3.63, 3.8) is 0 Å². The topological polar surface area (TPSA) is 66.7 Å². The van der Waals surface area contributed by atoms with E-state index < -0.39 is 5.43 Å². The van der Waals surface area contributed by atoms with Crippen LogP contribution in [0, 0.1) is 11.8 Å². The Morgan fingerprint density at radius 1 is 1.42 bits per heavy atom. The Labute approximate surface area is 68.5 Å². The van der Waals surface area contributed by atoms with Gasteiger partial charge in [0, 0.05) is 0 Å². The summed E-state index contributed by atoms with van der Waals surface area (Å²) >= 11 is 0. The maximum Gasteiger partial charge on any atom is 0.220 e. The van der Waals surface area contributed by atoms with Crippen molar-refractivity contribution < 1.29 is 5.11 Å². The van der Waals surface area contributed by atoms with E-state index in [2.05, 4.69) is 5.18 Å². The summed E-state index contributed by atoms with van der Waals surface area (Å²) in [6.45, 7) is 1.53. The maximum absolute atomic E-state index is 10.9. The lowest BCUT2D eigenvalue weighted by Gasteiger charge is -1.87. The van der Waals surface area contributed by atoms with Crippen LogP contribution >= 0.6 is 0 Å². The third kappa shape index (κ3) is 1.47. The highest BCUT2D eigenvalue weighted by molar-refractivity contribution is 5.43.